The Morgan fingerprint density at radius 1 is 1.21 bits per heavy atom. The third kappa shape index (κ3) is 1.83. The summed E-state index contributed by atoms with van der Waals surface area (Å²) in [5, 5.41) is 4.95. The molecule has 2 heteroatoms. The Labute approximate surface area is 120 Å². The Morgan fingerprint density at radius 2 is 2.05 bits per heavy atom. The zero-order valence-corrected chi connectivity index (χ0v) is 12.3. The summed E-state index contributed by atoms with van der Waals surface area (Å²) in [7, 11) is 0. The number of allylic oxidation sites excluding steroid dienone is 1. The standard InChI is InChI=1S/C17H14BrN/c1-3-6-12-11(4-2)9-10-15-16(12)13-7-5-8-14(18)17(13)19-15/h3-10,19H,1H2,2H3/b11-4-,12-6+. The molecule has 0 saturated heterocycles. The molecule has 3 rings (SSSR count). The van der Waals surface area contributed by atoms with Crippen LogP contribution in [0.15, 0.2) is 47.5 Å². The predicted molar refractivity (Wildman–Crippen MR) is 87.6 cm³/mol. The van der Waals surface area contributed by atoms with Gasteiger partial charge in [-0.15, -0.1) is 0 Å². The highest BCUT2D eigenvalue weighted by atomic mass is 79.9. The highest BCUT2D eigenvalue weighted by molar-refractivity contribution is 9.10. The third-order valence-electron chi connectivity index (χ3n) is 3.42. The molecule has 3 aromatic rings. The van der Waals surface area contributed by atoms with E-state index in [-0.39, 0.29) is 0 Å². The largest absolute Gasteiger partial charge is 0.354 e. The van der Waals surface area contributed by atoms with Gasteiger partial charge >= 0.3 is 0 Å². The van der Waals surface area contributed by atoms with Crippen LogP contribution in [0.4, 0.5) is 0 Å². The molecule has 0 saturated carbocycles. The quantitative estimate of drug-likeness (QED) is 0.702. The number of fused-ring (bicyclic) bond motifs is 3. The van der Waals surface area contributed by atoms with Gasteiger partial charge in [-0.1, -0.05) is 43.0 Å². The van der Waals surface area contributed by atoms with E-state index in [0.717, 1.165) is 15.5 Å². The molecule has 0 unspecified atom stereocenters. The van der Waals surface area contributed by atoms with Crippen LogP contribution < -0.4 is 10.4 Å². The lowest BCUT2D eigenvalue weighted by Gasteiger charge is -1.96. The smallest absolute Gasteiger partial charge is 0.0609 e. The van der Waals surface area contributed by atoms with E-state index in [9.17, 15) is 0 Å². The summed E-state index contributed by atoms with van der Waals surface area (Å²) in [6, 6.07) is 10.6. The van der Waals surface area contributed by atoms with Crippen molar-refractivity contribution >= 4 is 49.9 Å². The lowest BCUT2D eigenvalue weighted by atomic mass is 10.1. The number of para-hydroxylation sites is 1. The van der Waals surface area contributed by atoms with Crippen molar-refractivity contribution in [2.75, 3.05) is 0 Å². The number of aromatic nitrogens is 1. The fourth-order valence-electron chi connectivity index (χ4n) is 2.57. The van der Waals surface area contributed by atoms with Crippen molar-refractivity contribution in [3.05, 3.63) is 57.9 Å². The summed E-state index contributed by atoms with van der Waals surface area (Å²) >= 11 is 3.60. The summed E-state index contributed by atoms with van der Waals surface area (Å²) in [5.74, 6) is 0. The van der Waals surface area contributed by atoms with E-state index in [4.69, 9.17) is 0 Å². The second-order valence-corrected chi connectivity index (χ2v) is 5.32. The van der Waals surface area contributed by atoms with E-state index in [0.29, 0.717) is 0 Å². The van der Waals surface area contributed by atoms with Crippen LogP contribution in [0, 0.1) is 0 Å². The number of aromatic amines is 1. The van der Waals surface area contributed by atoms with Gasteiger partial charge in [-0.3, -0.25) is 0 Å². The van der Waals surface area contributed by atoms with Gasteiger partial charge in [0.05, 0.1) is 5.52 Å². The summed E-state index contributed by atoms with van der Waals surface area (Å²) in [4.78, 5) is 3.48. The topological polar surface area (TPSA) is 15.8 Å². The van der Waals surface area contributed by atoms with E-state index in [1.165, 1.54) is 21.2 Å². The maximum Gasteiger partial charge on any atom is 0.0609 e. The molecule has 1 N–H and O–H groups in total. The first-order valence-corrected chi connectivity index (χ1v) is 7.03. The summed E-state index contributed by atoms with van der Waals surface area (Å²) in [5.41, 5.74) is 2.30. The zero-order chi connectivity index (χ0) is 13.4. The third-order valence-corrected chi connectivity index (χ3v) is 4.08. The number of rotatable bonds is 1. The minimum absolute atomic E-state index is 1.09. The first-order chi connectivity index (χ1) is 9.26. The number of nitrogens with one attached hydrogen (secondary N) is 1. The molecule has 0 amide bonds. The minimum atomic E-state index is 1.09. The zero-order valence-electron chi connectivity index (χ0n) is 10.7. The lowest BCUT2D eigenvalue weighted by molar-refractivity contribution is 1.51. The molecular weight excluding hydrogens is 298 g/mol. The normalized spacial score (nSPS) is 13.6. The Kier molecular flexibility index (Phi) is 3.03. The Bertz CT molecular complexity index is 900. The molecule has 1 heterocycles. The maximum atomic E-state index is 3.83. The molecule has 1 aromatic heterocycles. The number of hydrogen-bond donors (Lipinski definition) is 1. The fraction of sp³-hybridized carbons (Fsp3) is 0.0588. The molecule has 0 spiro atoms. The predicted octanol–water partition coefficient (Wildman–Crippen LogP) is 3.85. The van der Waals surface area contributed by atoms with Crippen molar-refractivity contribution in [1.29, 1.82) is 0 Å². The molecule has 2 aromatic carbocycles. The van der Waals surface area contributed by atoms with Gasteiger partial charge in [0.15, 0.2) is 0 Å². The first-order valence-electron chi connectivity index (χ1n) is 6.24. The SMILES string of the molecule is C=C/C=c1\c(=C/C)ccc2[nH]c3c(Br)cccc3c12. The van der Waals surface area contributed by atoms with Gasteiger partial charge in [0.25, 0.3) is 0 Å². The van der Waals surface area contributed by atoms with Gasteiger partial charge < -0.3 is 4.98 Å². The summed E-state index contributed by atoms with van der Waals surface area (Å²) < 4.78 is 1.09. The van der Waals surface area contributed by atoms with Crippen molar-refractivity contribution in [3.63, 3.8) is 0 Å². The van der Waals surface area contributed by atoms with Gasteiger partial charge in [0, 0.05) is 20.8 Å². The molecule has 0 aliphatic carbocycles. The number of halogens is 1. The Hall–Kier alpha value is -1.80. The highest BCUT2D eigenvalue weighted by Gasteiger charge is 2.07. The molecule has 0 aliphatic heterocycles. The molecule has 19 heavy (non-hydrogen) atoms. The summed E-state index contributed by atoms with van der Waals surface area (Å²) in [6.45, 7) is 5.89. The Balaban J connectivity index is 2.70. The van der Waals surface area contributed by atoms with Crippen LogP contribution in [-0.4, -0.2) is 4.98 Å². The fourth-order valence-corrected chi connectivity index (χ4v) is 3.04. The lowest BCUT2D eigenvalue weighted by Crippen LogP contribution is -2.24. The van der Waals surface area contributed by atoms with E-state index in [2.05, 4.69) is 76.9 Å². The molecule has 0 fully saturated rings. The monoisotopic (exact) mass is 311 g/mol. The molecule has 0 atom stereocenters. The van der Waals surface area contributed by atoms with Gasteiger partial charge in [-0.05, 0) is 45.4 Å². The summed E-state index contributed by atoms with van der Waals surface area (Å²) in [6.07, 6.45) is 6.05. The molecule has 94 valence electrons. The van der Waals surface area contributed by atoms with Gasteiger partial charge in [-0.2, -0.15) is 0 Å². The van der Waals surface area contributed by atoms with E-state index < -0.39 is 0 Å². The van der Waals surface area contributed by atoms with E-state index >= 15 is 0 Å². The van der Waals surface area contributed by atoms with E-state index in [1.54, 1.807) is 0 Å². The van der Waals surface area contributed by atoms with Crippen LogP contribution in [-0.2, 0) is 0 Å². The van der Waals surface area contributed by atoms with Crippen LogP contribution in [0.1, 0.15) is 6.92 Å². The van der Waals surface area contributed by atoms with Crippen molar-refractivity contribution in [1.82, 2.24) is 4.98 Å². The van der Waals surface area contributed by atoms with Gasteiger partial charge in [-0.25, -0.2) is 0 Å². The first kappa shape index (κ1) is 12.2. The minimum Gasteiger partial charge on any atom is -0.354 e. The second-order valence-electron chi connectivity index (χ2n) is 4.47. The van der Waals surface area contributed by atoms with Crippen LogP contribution in [0.5, 0.6) is 0 Å². The number of H-pyrrole nitrogens is 1. The van der Waals surface area contributed by atoms with Crippen molar-refractivity contribution in [2.24, 2.45) is 0 Å². The molecule has 0 radical (unpaired) electrons. The molecule has 0 bridgehead atoms. The van der Waals surface area contributed by atoms with Crippen molar-refractivity contribution < 1.29 is 0 Å². The van der Waals surface area contributed by atoms with Gasteiger partial charge in [0.2, 0.25) is 0 Å². The van der Waals surface area contributed by atoms with Crippen LogP contribution in [0.25, 0.3) is 34.0 Å². The average molecular weight is 312 g/mol. The van der Waals surface area contributed by atoms with Crippen LogP contribution in [0.3, 0.4) is 0 Å². The van der Waals surface area contributed by atoms with Crippen molar-refractivity contribution in [2.45, 2.75) is 6.92 Å². The molecule has 0 aliphatic rings. The van der Waals surface area contributed by atoms with Gasteiger partial charge in [0.1, 0.15) is 0 Å². The van der Waals surface area contributed by atoms with Crippen LogP contribution >= 0.6 is 15.9 Å². The van der Waals surface area contributed by atoms with Crippen molar-refractivity contribution in [3.8, 4) is 0 Å². The average Bonchev–Trinajstić information content (AvgIpc) is 2.80. The maximum absolute atomic E-state index is 3.83. The number of hydrogen-bond acceptors (Lipinski definition) is 0. The molecule has 1 nitrogen and oxygen atoms in total. The number of benzene rings is 2. The molecular formula is C17H14BrN. The van der Waals surface area contributed by atoms with E-state index in [1.807, 2.05) is 6.08 Å². The second kappa shape index (κ2) is 4.71. The highest BCUT2D eigenvalue weighted by Crippen LogP contribution is 2.27. The Morgan fingerprint density at radius 3 is 2.79 bits per heavy atom. The van der Waals surface area contributed by atoms with Crippen LogP contribution in [0.2, 0.25) is 0 Å².